The van der Waals surface area contributed by atoms with Gasteiger partial charge in [-0.25, -0.2) is 8.42 Å². The lowest BCUT2D eigenvalue weighted by molar-refractivity contribution is 0.593. The summed E-state index contributed by atoms with van der Waals surface area (Å²) in [6, 6.07) is 9.87. The molecule has 0 atom stereocenters. The van der Waals surface area contributed by atoms with Crippen LogP contribution in [0.1, 0.15) is 12.8 Å². The lowest BCUT2D eigenvalue weighted by Crippen LogP contribution is -2.13. The molecule has 1 N–H and O–H groups in total. The van der Waals surface area contributed by atoms with Gasteiger partial charge in [0.15, 0.2) is 9.84 Å². The van der Waals surface area contributed by atoms with E-state index >= 15 is 0 Å². The number of nitrogens with one attached hydrogen (secondary N) is 1. The molecule has 1 aromatic carbocycles. The Labute approximate surface area is 108 Å². The number of hydrogen-bond acceptors (Lipinski definition) is 3. The highest BCUT2D eigenvalue weighted by molar-refractivity contribution is 7.91. The predicted octanol–water partition coefficient (Wildman–Crippen LogP) is 2.53. The first-order chi connectivity index (χ1) is 8.14. The summed E-state index contributed by atoms with van der Waals surface area (Å²) in [6.45, 7) is 0.792. The standard InChI is InChI=1S/C12H18ClNO2S/c13-8-11-17(15,16)10-5-4-9-14-12-6-2-1-3-7-12/h1-3,6-7,14H,4-5,8-11H2. The molecule has 1 aromatic rings. The molecule has 0 heterocycles. The van der Waals surface area contributed by atoms with E-state index < -0.39 is 9.84 Å². The fourth-order valence-corrected chi connectivity index (χ4v) is 3.24. The largest absolute Gasteiger partial charge is 0.385 e. The lowest BCUT2D eigenvalue weighted by Gasteiger charge is -2.06. The smallest absolute Gasteiger partial charge is 0.151 e. The Bertz CT molecular complexity index is 406. The molecule has 0 aliphatic rings. The number of halogens is 1. The van der Waals surface area contributed by atoms with Gasteiger partial charge in [-0.15, -0.1) is 11.6 Å². The molecule has 5 heteroatoms. The third kappa shape index (κ3) is 6.54. The zero-order chi connectivity index (χ0) is 12.6. The summed E-state index contributed by atoms with van der Waals surface area (Å²) in [5, 5.41) is 3.24. The highest BCUT2D eigenvalue weighted by atomic mass is 35.5. The van der Waals surface area contributed by atoms with E-state index in [4.69, 9.17) is 11.6 Å². The van der Waals surface area contributed by atoms with Gasteiger partial charge in [-0.3, -0.25) is 0 Å². The molecule has 0 aliphatic carbocycles. The normalized spacial score (nSPS) is 11.4. The van der Waals surface area contributed by atoms with Gasteiger partial charge in [0.25, 0.3) is 0 Å². The van der Waals surface area contributed by atoms with Crippen LogP contribution >= 0.6 is 11.6 Å². The van der Waals surface area contributed by atoms with E-state index in [9.17, 15) is 8.42 Å². The van der Waals surface area contributed by atoms with Gasteiger partial charge in [0.1, 0.15) is 0 Å². The number of hydrogen-bond donors (Lipinski definition) is 1. The van der Waals surface area contributed by atoms with Gasteiger partial charge in [0, 0.05) is 18.1 Å². The third-order valence-corrected chi connectivity index (χ3v) is 4.52. The molecule has 0 saturated heterocycles. The van der Waals surface area contributed by atoms with Crippen molar-refractivity contribution in [2.45, 2.75) is 12.8 Å². The van der Waals surface area contributed by atoms with Crippen molar-refractivity contribution in [3.8, 4) is 0 Å². The number of sulfone groups is 1. The maximum atomic E-state index is 11.4. The van der Waals surface area contributed by atoms with Crippen molar-refractivity contribution in [1.82, 2.24) is 0 Å². The van der Waals surface area contributed by atoms with Crippen LogP contribution in [0.25, 0.3) is 0 Å². The molecule has 0 amide bonds. The van der Waals surface area contributed by atoms with E-state index in [1.54, 1.807) is 0 Å². The van der Waals surface area contributed by atoms with Gasteiger partial charge in [-0.05, 0) is 25.0 Å². The second-order valence-electron chi connectivity index (χ2n) is 3.84. The van der Waals surface area contributed by atoms with Gasteiger partial charge in [-0.1, -0.05) is 18.2 Å². The van der Waals surface area contributed by atoms with E-state index in [1.807, 2.05) is 30.3 Å². The minimum Gasteiger partial charge on any atom is -0.385 e. The van der Waals surface area contributed by atoms with Gasteiger partial charge >= 0.3 is 0 Å². The average Bonchev–Trinajstić information content (AvgIpc) is 2.30. The van der Waals surface area contributed by atoms with Crippen LogP contribution in [0.3, 0.4) is 0 Å². The Kier molecular flexibility index (Phi) is 6.37. The Morgan fingerprint density at radius 2 is 1.76 bits per heavy atom. The van der Waals surface area contributed by atoms with E-state index in [0.29, 0.717) is 6.42 Å². The Balaban J connectivity index is 2.13. The first-order valence-corrected chi connectivity index (χ1v) is 8.05. The van der Waals surface area contributed by atoms with Gasteiger partial charge in [0.05, 0.1) is 11.5 Å². The topological polar surface area (TPSA) is 46.2 Å². The molecule has 0 saturated carbocycles. The third-order valence-electron chi connectivity index (χ3n) is 2.37. The summed E-state index contributed by atoms with van der Waals surface area (Å²) in [4.78, 5) is 0. The quantitative estimate of drug-likeness (QED) is 0.586. The lowest BCUT2D eigenvalue weighted by atomic mass is 10.3. The van der Waals surface area contributed by atoms with Crippen molar-refractivity contribution in [2.24, 2.45) is 0 Å². The summed E-state index contributed by atoms with van der Waals surface area (Å²) in [6.07, 6.45) is 1.52. The van der Waals surface area contributed by atoms with Gasteiger partial charge < -0.3 is 5.32 Å². The minimum absolute atomic E-state index is 0.0840. The van der Waals surface area contributed by atoms with Crippen molar-refractivity contribution >= 4 is 27.1 Å². The second kappa shape index (κ2) is 7.56. The molecule has 1 rings (SSSR count). The maximum Gasteiger partial charge on any atom is 0.151 e. The zero-order valence-electron chi connectivity index (χ0n) is 9.73. The fourth-order valence-electron chi connectivity index (χ4n) is 1.46. The molecule has 0 aromatic heterocycles. The van der Waals surface area contributed by atoms with Crippen molar-refractivity contribution in [3.05, 3.63) is 30.3 Å². The summed E-state index contributed by atoms with van der Waals surface area (Å²) in [7, 11) is -2.94. The van der Waals surface area contributed by atoms with Crippen LogP contribution in [0, 0.1) is 0 Å². The summed E-state index contributed by atoms with van der Waals surface area (Å²) >= 11 is 5.41. The molecule has 0 aliphatic heterocycles. The summed E-state index contributed by atoms with van der Waals surface area (Å²) in [5.41, 5.74) is 1.07. The van der Waals surface area contributed by atoms with Crippen LogP contribution in [0.4, 0.5) is 5.69 Å². The van der Waals surface area contributed by atoms with Crippen LogP contribution in [-0.4, -0.2) is 32.3 Å². The highest BCUT2D eigenvalue weighted by Gasteiger charge is 2.08. The van der Waals surface area contributed by atoms with Crippen molar-refractivity contribution in [1.29, 1.82) is 0 Å². The summed E-state index contributed by atoms with van der Waals surface area (Å²) < 4.78 is 22.7. The summed E-state index contributed by atoms with van der Waals surface area (Å²) in [5.74, 6) is 0.501. The fraction of sp³-hybridized carbons (Fsp3) is 0.500. The molecule has 0 radical (unpaired) electrons. The molecule has 0 unspecified atom stereocenters. The monoisotopic (exact) mass is 275 g/mol. The Hall–Kier alpha value is -0.740. The van der Waals surface area contributed by atoms with Crippen LogP contribution < -0.4 is 5.32 Å². The molecular weight excluding hydrogens is 258 g/mol. The molecule has 3 nitrogen and oxygen atoms in total. The highest BCUT2D eigenvalue weighted by Crippen LogP contribution is 2.05. The first-order valence-electron chi connectivity index (χ1n) is 5.69. The molecule has 0 spiro atoms. The van der Waals surface area contributed by atoms with E-state index in [-0.39, 0.29) is 17.4 Å². The number of benzene rings is 1. The molecule has 0 fully saturated rings. The second-order valence-corrected chi connectivity index (χ2v) is 6.52. The van der Waals surface area contributed by atoms with Crippen LogP contribution in [0.15, 0.2) is 30.3 Å². The number of alkyl halides is 1. The SMILES string of the molecule is O=S(=O)(CCCl)CCCCNc1ccccc1. The molecule has 17 heavy (non-hydrogen) atoms. The Morgan fingerprint density at radius 1 is 1.06 bits per heavy atom. The number of para-hydroxylation sites is 1. The molecule has 0 bridgehead atoms. The number of anilines is 1. The van der Waals surface area contributed by atoms with Crippen LogP contribution in [0.2, 0.25) is 0 Å². The average molecular weight is 276 g/mol. The van der Waals surface area contributed by atoms with Gasteiger partial charge in [0.2, 0.25) is 0 Å². The van der Waals surface area contributed by atoms with Crippen molar-refractivity contribution in [3.63, 3.8) is 0 Å². The predicted molar refractivity (Wildman–Crippen MR) is 73.5 cm³/mol. The number of rotatable bonds is 8. The zero-order valence-corrected chi connectivity index (χ0v) is 11.3. The van der Waals surface area contributed by atoms with Crippen LogP contribution in [0.5, 0.6) is 0 Å². The van der Waals surface area contributed by atoms with Crippen LogP contribution in [-0.2, 0) is 9.84 Å². The van der Waals surface area contributed by atoms with Crippen molar-refractivity contribution in [2.75, 3.05) is 29.2 Å². The van der Waals surface area contributed by atoms with E-state index in [2.05, 4.69) is 5.32 Å². The number of unbranched alkanes of at least 4 members (excludes halogenated alkanes) is 1. The van der Waals surface area contributed by atoms with Crippen molar-refractivity contribution < 1.29 is 8.42 Å². The first kappa shape index (κ1) is 14.3. The molecular formula is C12H18ClNO2S. The minimum atomic E-state index is -2.94. The Morgan fingerprint density at radius 3 is 2.41 bits per heavy atom. The van der Waals surface area contributed by atoms with E-state index in [0.717, 1.165) is 18.7 Å². The van der Waals surface area contributed by atoms with Gasteiger partial charge in [-0.2, -0.15) is 0 Å². The van der Waals surface area contributed by atoms with E-state index in [1.165, 1.54) is 0 Å². The molecule has 96 valence electrons. The maximum absolute atomic E-state index is 11.4.